The molecule has 3 atom stereocenters. The normalized spacial score (nSPS) is 33.2. The van der Waals surface area contributed by atoms with Crippen molar-refractivity contribution in [2.24, 2.45) is 17.8 Å². The van der Waals surface area contributed by atoms with Gasteiger partial charge in [0.25, 0.3) is 0 Å². The molecule has 0 radical (unpaired) electrons. The van der Waals surface area contributed by atoms with E-state index in [-0.39, 0.29) is 0 Å². The molecule has 84 valence electrons. The fourth-order valence-corrected chi connectivity index (χ4v) is 2.49. The van der Waals surface area contributed by atoms with Gasteiger partial charge in [-0.1, -0.05) is 20.3 Å². The highest BCUT2D eigenvalue weighted by Crippen LogP contribution is 2.32. The van der Waals surface area contributed by atoms with Crippen molar-refractivity contribution in [1.29, 1.82) is 0 Å². The number of rotatable bonds is 5. The second-order valence-electron chi connectivity index (χ2n) is 4.85. The molecule has 0 aromatic carbocycles. The summed E-state index contributed by atoms with van der Waals surface area (Å²) in [4.78, 5) is 0. The Morgan fingerprint density at radius 3 is 2.71 bits per heavy atom. The van der Waals surface area contributed by atoms with Crippen molar-refractivity contribution in [3.63, 3.8) is 0 Å². The highest BCUT2D eigenvalue weighted by Gasteiger charge is 2.24. The van der Waals surface area contributed by atoms with Crippen LogP contribution in [0.2, 0.25) is 0 Å². The maximum Gasteiger partial charge on any atom is 0.0587 e. The quantitative estimate of drug-likeness (QED) is 0.686. The van der Waals surface area contributed by atoms with E-state index in [1.54, 1.807) is 7.11 Å². The monoisotopic (exact) mass is 199 g/mol. The summed E-state index contributed by atoms with van der Waals surface area (Å²) in [5.74, 6) is 2.73. The Hall–Kier alpha value is -0.0800. The van der Waals surface area contributed by atoms with Gasteiger partial charge in [-0.25, -0.2) is 0 Å². The van der Waals surface area contributed by atoms with Crippen molar-refractivity contribution >= 4 is 0 Å². The molecule has 0 aliphatic heterocycles. The number of hydrogen-bond acceptors (Lipinski definition) is 2. The van der Waals surface area contributed by atoms with Gasteiger partial charge >= 0.3 is 0 Å². The summed E-state index contributed by atoms with van der Waals surface area (Å²) in [5.41, 5.74) is 0. The van der Waals surface area contributed by atoms with Gasteiger partial charge in [-0.05, 0) is 37.1 Å². The maximum atomic E-state index is 5.01. The Morgan fingerprint density at radius 2 is 2.07 bits per heavy atom. The predicted molar refractivity (Wildman–Crippen MR) is 60.4 cm³/mol. The van der Waals surface area contributed by atoms with Crippen molar-refractivity contribution in [1.82, 2.24) is 5.32 Å². The molecule has 1 saturated carbocycles. The van der Waals surface area contributed by atoms with Gasteiger partial charge in [0, 0.05) is 13.7 Å². The molecule has 3 unspecified atom stereocenters. The number of hydrogen-bond donors (Lipinski definition) is 1. The van der Waals surface area contributed by atoms with Crippen LogP contribution >= 0.6 is 0 Å². The second-order valence-corrected chi connectivity index (χ2v) is 4.85. The zero-order valence-corrected chi connectivity index (χ0v) is 9.88. The van der Waals surface area contributed by atoms with Gasteiger partial charge < -0.3 is 10.1 Å². The minimum absolute atomic E-state index is 0.831. The Bertz CT molecular complexity index is 149. The van der Waals surface area contributed by atoms with Gasteiger partial charge in [0.15, 0.2) is 0 Å². The zero-order chi connectivity index (χ0) is 10.4. The van der Waals surface area contributed by atoms with Crippen LogP contribution in [0, 0.1) is 17.8 Å². The fourth-order valence-electron chi connectivity index (χ4n) is 2.49. The highest BCUT2D eigenvalue weighted by molar-refractivity contribution is 4.77. The van der Waals surface area contributed by atoms with Crippen molar-refractivity contribution in [2.45, 2.75) is 33.1 Å². The molecular weight excluding hydrogens is 174 g/mol. The SMILES string of the molecule is COCCNCC1CCC(C)CC1C. The molecule has 2 heteroatoms. The molecule has 2 nitrogen and oxygen atoms in total. The molecule has 1 aliphatic carbocycles. The van der Waals surface area contributed by atoms with Gasteiger partial charge in [-0.15, -0.1) is 0 Å². The third kappa shape index (κ3) is 3.97. The molecule has 0 saturated heterocycles. The van der Waals surface area contributed by atoms with E-state index in [1.165, 1.54) is 25.8 Å². The average Bonchev–Trinajstić information content (AvgIpc) is 2.15. The van der Waals surface area contributed by atoms with Gasteiger partial charge in [0.05, 0.1) is 6.61 Å². The first-order valence-corrected chi connectivity index (χ1v) is 5.93. The summed E-state index contributed by atoms with van der Waals surface area (Å²) in [6.07, 6.45) is 4.24. The lowest BCUT2D eigenvalue weighted by atomic mass is 9.75. The van der Waals surface area contributed by atoms with E-state index in [4.69, 9.17) is 4.74 Å². The first kappa shape index (κ1) is 12.0. The van der Waals surface area contributed by atoms with Gasteiger partial charge in [0.1, 0.15) is 0 Å². The second kappa shape index (κ2) is 6.41. The minimum atomic E-state index is 0.831. The maximum absolute atomic E-state index is 5.01. The van der Waals surface area contributed by atoms with Crippen molar-refractivity contribution < 1.29 is 4.74 Å². The molecule has 0 heterocycles. The summed E-state index contributed by atoms with van der Waals surface area (Å²) in [7, 11) is 1.76. The van der Waals surface area contributed by atoms with Gasteiger partial charge in [-0.3, -0.25) is 0 Å². The van der Waals surface area contributed by atoms with E-state index in [0.717, 1.165) is 30.9 Å². The summed E-state index contributed by atoms with van der Waals surface area (Å²) in [5, 5.41) is 3.48. The minimum Gasteiger partial charge on any atom is -0.383 e. The molecule has 14 heavy (non-hydrogen) atoms. The summed E-state index contributed by atoms with van der Waals surface area (Å²) < 4.78 is 5.01. The lowest BCUT2D eigenvalue weighted by Gasteiger charge is -2.32. The van der Waals surface area contributed by atoms with E-state index >= 15 is 0 Å². The molecule has 1 rings (SSSR count). The Balaban J connectivity index is 2.11. The zero-order valence-electron chi connectivity index (χ0n) is 9.88. The van der Waals surface area contributed by atoms with Crippen molar-refractivity contribution in [3.05, 3.63) is 0 Å². The van der Waals surface area contributed by atoms with E-state index in [2.05, 4.69) is 19.2 Å². The van der Waals surface area contributed by atoms with Crippen LogP contribution in [-0.4, -0.2) is 26.8 Å². The van der Waals surface area contributed by atoms with Crippen LogP contribution in [0.15, 0.2) is 0 Å². The topological polar surface area (TPSA) is 21.3 Å². The number of ether oxygens (including phenoxy) is 1. The van der Waals surface area contributed by atoms with E-state index in [1.807, 2.05) is 0 Å². The smallest absolute Gasteiger partial charge is 0.0587 e. The molecule has 0 bridgehead atoms. The predicted octanol–water partition coefficient (Wildman–Crippen LogP) is 2.29. The summed E-state index contributed by atoms with van der Waals surface area (Å²) in [6.45, 7) is 7.79. The first-order valence-electron chi connectivity index (χ1n) is 5.93. The molecule has 1 aliphatic rings. The van der Waals surface area contributed by atoms with Gasteiger partial charge in [-0.2, -0.15) is 0 Å². The van der Waals surface area contributed by atoms with Crippen LogP contribution in [0.25, 0.3) is 0 Å². The van der Waals surface area contributed by atoms with E-state index in [9.17, 15) is 0 Å². The van der Waals surface area contributed by atoms with E-state index < -0.39 is 0 Å². The molecule has 0 aromatic rings. The van der Waals surface area contributed by atoms with Crippen LogP contribution in [0.5, 0.6) is 0 Å². The van der Waals surface area contributed by atoms with Crippen molar-refractivity contribution in [2.75, 3.05) is 26.8 Å². The Morgan fingerprint density at radius 1 is 1.29 bits per heavy atom. The molecule has 0 aromatic heterocycles. The average molecular weight is 199 g/mol. The van der Waals surface area contributed by atoms with Crippen LogP contribution in [-0.2, 0) is 4.74 Å². The summed E-state index contributed by atoms with van der Waals surface area (Å²) >= 11 is 0. The third-order valence-electron chi connectivity index (χ3n) is 3.50. The lowest BCUT2D eigenvalue weighted by molar-refractivity contribution is 0.178. The summed E-state index contributed by atoms with van der Waals surface area (Å²) in [6, 6.07) is 0. The molecule has 0 amide bonds. The highest BCUT2D eigenvalue weighted by atomic mass is 16.5. The Labute approximate surface area is 88.4 Å². The Kier molecular flexibility index (Phi) is 5.49. The van der Waals surface area contributed by atoms with E-state index in [0.29, 0.717) is 0 Å². The fraction of sp³-hybridized carbons (Fsp3) is 1.00. The first-order chi connectivity index (χ1) is 6.74. The number of methoxy groups -OCH3 is 1. The molecule has 0 spiro atoms. The molecule has 1 N–H and O–H groups in total. The lowest BCUT2D eigenvalue weighted by Crippen LogP contribution is -2.32. The largest absolute Gasteiger partial charge is 0.383 e. The van der Waals surface area contributed by atoms with Crippen LogP contribution in [0.4, 0.5) is 0 Å². The number of nitrogens with one attached hydrogen (secondary N) is 1. The molecule has 1 fully saturated rings. The van der Waals surface area contributed by atoms with Crippen molar-refractivity contribution in [3.8, 4) is 0 Å². The van der Waals surface area contributed by atoms with Crippen LogP contribution in [0.1, 0.15) is 33.1 Å². The van der Waals surface area contributed by atoms with Gasteiger partial charge in [0.2, 0.25) is 0 Å². The van der Waals surface area contributed by atoms with Crippen LogP contribution < -0.4 is 5.32 Å². The van der Waals surface area contributed by atoms with Crippen LogP contribution in [0.3, 0.4) is 0 Å². The third-order valence-corrected chi connectivity index (χ3v) is 3.50. The standard InChI is InChI=1S/C12H25NO/c1-10-4-5-12(11(2)8-10)9-13-6-7-14-3/h10-13H,4-9H2,1-3H3. The molecular formula is C12H25NO.